The monoisotopic (exact) mass is 340 g/mol. The number of hydrogen-bond acceptors (Lipinski definition) is 2. The summed E-state index contributed by atoms with van der Waals surface area (Å²) in [6.07, 6.45) is 12.4. The summed E-state index contributed by atoms with van der Waals surface area (Å²) in [6.45, 7) is 2.27. The van der Waals surface area contributed by atoms with E-state index in [0.29, 0.717) is 5.41 Å². The fourth-order valence-corrected chi connectivity index (χ4v) is 5.63. The number of fused-ring (bicyclic) bond motifs is 3. The first-order chi connectivity index (χ1) is 12.1. The van der Waals surface area contributed by atoms with Crippen molar-refractivity contribution in [2.24, 2.45) is 11.8 Å². The SMILES string of the molecule is CCC1CCC(C(=O)OC23CCC(c4ccccc4)(CC2)CC3)CC1. The Hall–Kier alpha value is -1.31. The number of hydrogen-bond donors (Lipinski definition) is 0. The predicted molar refractivity (Wildman–Crippen MR) is 100 cm³/mol. The molecule has 0 amide bonds. The van der Waals surface area contributed by atoms with Crippen LogP contribution in [0.25, 0.3) is 0 Å². The fourth-order valence-electron chi connectivity index (χ4n) is 5.63. The van der Waals surface area contributed by atoms with Gasteiger partial charge in [0.1, 0.15) is 5.60 Å². The zero-order valence-electron chi connectivity index (χ0n) is 15.6. The molecule has 4 fully saturated rings. The quantitative estimate of drug-likeness (QED) is 0.648. The Morgan fingerprint density at radius 3 is 2.12 bits per heavy atom. The first-order valence-electron chi connectivity index (χ1n) is 10.4. The van der Waals surface area contributed by atoms with Gasteiger partial charge in [-0.15, -0.1) is 0 Å². The fraction of sp³-hybridized carbons (Fsp3) is 0.696. The molecular weight excluding hydrogens is 308 g/mol. The van der Waals surface area contributed by atoms with Crippen molar-refractivity contribution in [1.29, 1.82) is 0 Å². The summed E-state index contributed by atoms with van der Waals surface area (Å²) in [5.41, 5.74) is 1.69. The molecule has 0 spiro atoms. The van der Waals surface area contributed by atoms with Gasteiger partial charge >= 0.3 is 5.97 Å². The van der Waals surface area contributed by atoms with Crippen molar-refractivity contribution in [3.63, 3.8) is 0 Å². The van der Waals surface area contributed by atoms with Crippen LogP contribution in [0, 0.1) is 11.8 Å². The minimum absolute atomic E-state index is 0.115. The first-order valence-corrected chi connectivity index (χ1v) is 10.4. The van der Waals surface area contributed by atoms with Gasteiger partial charge < -0.3 is 4.74 Å². The summed E-state index contributed by atoms with van der Waals surface area (Å²) in [7, 11) is 0. The molecule has 25 heavy (non-hydrogen) atoms. The van der Waals surface area contributed by atoms with Crippen LogP contribution in [0.3, 0.4) is 0 Å². The van der Waals surface area contributed by atoms with Gasteiger partial charge in [-0.25, -0.2) is 0 Å². The zero-order chi connectivity index (χ0) is 17.3. The van der Waals surface area contributed by atoms with E-state index in [0.717, 1.165) is 38.0 Å². The van der Waals surface area contributed by atoms with Crippen LogP contribution in [-0.2, 0) is 14.9 Å². The van der Waals surface area contributed by atoms with Crippen molar-refractivity contribution in [1.82, 2.24) is 0 Å². The summed E-state index contributed by atoms with van der Waals surface area (Å²) < 4.78 is 6.22. The maximum atomic E-state index is 12.8. The van der Waals surface area contributed by atoms with Crippen molar-refractivity contribution in [2.45, 2.75) is 88.6 Å². The summed E-state index contributed by atoms with van der Waals surface area (Å²) >= 11 is 0. The highest BCUT2D eigenvalue weighted by molar-refractivity contribution is 5.73. The molecule has 0 radical (unpaired) electrons. The standard InChI is InChI=1S/C23H32O2/c1-2-18-8-10-19(11-9-18)21(24)25-23-15-12-22(13-16-23,14-17-23)20-6-4-3-5-7-20/h3-7,18-19H,2,8-17H2,1H3. The zero-order valence-corrected chi connectivity index (χ0v) is 15.6. The maximum Gasteiger partial charge on any atom is 0.309 e. The second-order valence-corrected chi connectivity index (χ2v) is 8.88. The molecule has 4 aliphatic rings. The minimum atomic E-state index is -0.144. The van der Waals surface area contributed by atoms with Crippen LogP contribution in [0.4, 0.5) is 0 Å². The van der Waals surface area contributed by atoms with E-state index in [1.807, 2.05) is 0 Å². The molecule has 0 N–H and O–H groups in total. The third kappa shape index (κ3) is 3.25. The highest BCUT2D eigenvalue weighted by Crippen LogP contribution is 2.55. The molecule has 0 unspecified atom stereocenters. The van der Waals surface area contributed by atoms with Gasteiger partial charge in [-0.3, -0.25) is 4.79 Å². The Morgan fingerprint density at radius 1 is 0.960 bits per heavy atom. The number of rotatable bonds is 4. The van der Waals surface area contributed by atoms with E-state index in [4.69, 9.17) is 4.74 Å². The highest BCUT2D eigenvalue weighted by Gasteiger charge is 2.51. The summed E-state index contributed by atoms with van der Waals surface area (Å²) in [5, 5.41) is 0. The van der Waals surface area contributed by atoms with Gasteiger partial charge in [0.25, 0.3) is 0 Å². The van der Waals surface area contributed by atoms with E-state index >= 15 is 0 Å². The van der Waals surface area contributed by atoms with Crippen molar-refractivity contribution in [2.75, 3.05) is 0 Å². The molecule has 4 saturated carbocycles. The molecule has 0 saturated heterocycles. The molecule has 5 rings (SSSR count). The number of esters is 1. The van der Waals surface area contributed by atoms with Crippen LogP contribution in [0.5, 0.6) is 0 Å². The summed E-state index contributed by atoms with van der Waals surface area (Å²) in [5.74, 6) is 1.11. The second-order valence-electron chi connectivity index (χ2n) is 8.88. The van der Waals surface area contributed by atoms with E-state index in [9.17, 15) is 4.79 Å². The number of carbonyl (C=O) groups excluding carboxylic acids is 1. The Bertz CT molecular complexity index is 573. The molecule has 0 atom stereocenters. The molecule has 2 heteroatoms. The van der Waals surface area contributed by atoms with Gasteiger partial charge in [0.05, 0.1) is 5.92 Å². The van der Waals surface area contributed by atoms with Gasteiger partial charge in [-0.1, -0.05) is 43.7 Å². The van der Waals surface area contributed by atoms with E-state index in [1.165, 1.54) is 44.1 Å². The lowest BCUT2D eigenvalue weighted by Gasteiger charge is -2.53. The van der Waals surface area contributed by atoms with Crippen LogP contribution in [0.1, 0.15) is 83.1 Å². The van der Waals surface area contributed by atoms with E-state index in [2.05, 4.69) is 37.3 Å². The average molecular weight is 341 g/mol. The third-order valence-electron chi connectivity index (χ3n) is 7.64. The normalized spacial score (nSPS) is 37.6. The van der Waals surface area contributed by atoms with Gasteiger partial charge in [0.15, 0.2) is 0 Å². The second kappa shape index (κ2) is 6.78. The van der Waals surface area contributed by atoms with Crippen LogP contribution < -0.4 is 0 Å². The van der Waals surface area contributed by atoms with Crippen LogP contribution in [0.15, 0.2) is 30.3 Å². The van der Waals surface area contributed by atoms with Crippen molar-refractivity contribution in [3.05, 3.63) is 35.9 Å². The molecule has 0 aliphatic heterocycles. The Morgan fingerprint density at radius 2 is 1.56 bits per heavy atom. The lowest BCUT2D eigenvalue weighted by atomic mass is 9.56. The topological polar surface area (TPSA) is 26.3 Å². The molecule has 0 heterocycles. The van der Waals surface area contributed by atoms with Gasteiger partial charge in [-0.05, 0) is 81.1 Å². The molecule has 1 aromatic carbocycles. The molecular formula is C23H32O2. The number of carbonyl (C=O) groups is 1. The molecule has 1 aromatic rings. The van der Waals surface area contributed by atoms with Crippen molar-refractivity contribution >= 4 is 5.97 Å². The number of benzene rings is 1. The third-order valence-corrected chi connectivity index (χ3v) is 7.64. The molecule has 4 aliphatic carbocycles. The Kier molecular flexibility index (Phi) is 4.64. The molecule has 2 bridgehead atoms. The Labute approximate surface area is 152 Å². The molecule has 136 valence electrons. The lowest BCUT2D eigenvalue weighted by molar-refractivity contribution is -0.179. The van der Waals surface area contributed by atoms with Crippen LogP contribution in [0.2, 0.25) is 0 Å². The van der Waals surface area contributed by atoms with E-state index in [-0.39, 0.29) is 17.5 Å². The van der Waals surface area contributed by atoms with Crippen LogP contribution in [-0.4, -0.2) is 11.6 Å². The predicted octanol–water partition coefficient (Wildman–Crippen LogP) is 5.79. The highest BCUT2D eigenvalue weighted by atomic mass is 16.6. The van der Waals surface area contributed by atoms with E-state index in [1.54, 1.807) is 0 Å². The average Bonchev–Trinajstić information content (AvgIpc) is 2.70. The minimum Gasteiger partial charge on any atom is -0.459 e. The van der Waals surface area contributed by atoms with Gasteiger partial charge in [-0.2, -0.15) is 0 Å². The van der Waals surface area contributed by atoms with Crippen molar-refractivity contribution < 1.29 is 9.53 Å². The molecule has 2 nitrogen and oxygen atoms in total. The maximum absolute atomic E-state index is 12.8. The van der Waals surface area contributed by atoms with Gasteiger partial charge in [0, 0.05) is 0 Å². The van der Waals surface area contributed by atoms with Gasteiger partial charge in [0.2, 0.25) is 0 Å². The Balaban J connectivity index is 1.37. The first kappa shape index (κ1) is 17.1. The van der Waals surface area contributed by atoms with E-state index < -0.39 is 0 Å². The lowest BCUT2D eigenvalue weighted by Crippen LogP contribution is -2.51. The smallest absolute Gasteiger partial charge is 0.309 e. The van der Waals surface area contributed by atoms with Crippen LogP contribution >= 0.6 is 0 Å². The summed E-state index contributed by atoms with van der Waals surface area (Å²) in [6, 6.07) is 11.0. The molecule has 0 aromatic heterocycles. The largest absolute Gasteiger partial charge is 0.459 e. The van der Waals surface area contributed by atoms with Crippen molar-refractivity contribution in [3.8, 4) is 0 Å². The summed E-state index contributed by atoms with van der Waals surface area (Å²) in [4.78, 5) is 12.8. The number of ether oxygens (including phenoxy) is 1.